The van der Waals surface area contributed by atoms with Crippen LogP contribution in [-0.2, 0) is 9.59 Å². The Labute approximate surface area is 155 Å². The summed E-state index contributed by atoms with van der Waals surface area (Å²) in [4.78, 5) is 38.1. The number of aryl methyl sites for hydroxylation is 1. The van der Waals surface area contributed by atoms with E-state index in [1.165, 1.54) is 6.07 Å². The Kier molecular flexibility index (Phi) is 4.24. The van der Waals surface area contributed by atoms with E-state index in [9.17, 15) is 14.4 Å². The highest BCUT2D eigenvalue weighted by atomic mass is 16.4. The van der Waals surface area contributed by atoms with E-state index < -0.39 is 11.5 Å². The predicted molar refractivity (Wildman–Crippen MR) is 103 cm³/mol. The average molecular weight is 362 g/mol. The van der Waals surface area contributed by atoms with Gasteiger partial charge in [0.1, 0.15) is 5.58 Å². The van der Waals surface area contributed by atoms with Gasteiger partial charge in [0, 0.05) is 41.9 Å². The van der Waals surface area contributed by atoms with Crippen LogP contribution in [0.15, 0.2) is 63.8 Å². The fourth-order valence-corrected chi connectivity index (χ4v) is 3.39. The fourth-order valence-electron chi connectivity index (χ4n) is 3.39. The number of nitrogens with zero attached hydrogens (tertiary/aromatic N) is 1. The summed E-state index contributed by atoms with van der Waals surface area (Å²) in [5, 5.41) is 3.65. The van der Waals surface area contributed by atoms with Gasteiger partial charge in [-0.25, -0.2) is 4.79 Å². The molecule has 1 unspecified atom stereocenters. The second kappa shape index (κ2) is 6.72. The molecule has 1 aromatic heterocycles. The second-order valence-electron chi connectivity index (χ2n) is 6.69. The Balaban J connectivity index is 1.52. The first-order valence-corrected chi connectivity index (χ1v) is 8.72. The molecule has 27 heavy (non-hydrogen) atoms. The van der Waals surface area contributed by atoms with Gasteiger partial charge in [-0.05, 0) is 36.8 Å². The van der Waals surface area contributed by atoms with Crippen molar-refractivity contribution in [1.29, 1.82) is 0 Å². The van der Waals surface area contributed by atoms with E-state index in [-0.39, 0.29) is 18.2 Å². The molecule has 0 bridgehead atoms. The van der Waals surface area contributed by atoms with Crippen LogP contribution in [-0.4, -0.2) is 18.4 Å². The molecule has 0 aliphatic carbocycles. The van der Waals surface area contributed by atoms with Crippen molar-refractivity contribution in [3.05, 3.63) is 70.6 Å². The molecular weight excluding hydrogens is 344 g/mol. The van der Waals surface area contributed by atoms with Gasteiger partial charge < -0.3 is 14.6 Å². The number of fused-ring (bicyclic) bond motifs is 1. The standard InChI is InChI=1S/C21H18N2O4/c1-13-9-20(25)27-18-11-15(7-8-17(13)18)22-21(26)14-10-19(24)23(12-14)16-5-3-2-4-6-16/h2-9,11,14H,10,12H2,1H3,(H,22,26). The van der Waals surface area contributed by atoms with Gasteiger partial charge in [0.2, 0.25) is 11.8 Å². The summed E-state index contributed by atoms with van der Waals surface area (Å²) in [6.45, 7) is 2.18. The number of hydrogen-bond acceptors (Lipinski definition) is 4. The molecular formula is C21H18N2O4. The summed E-state index contributed by atoms with van der Waals surface area (Å²) in [6, 6.07) is 15.9. The van der Waals surface area contributed by atoms with Crippen molar-refractivity contribution >= 4 is 34.2 Å². The maximum absolute atomic E-state index is 12.6. The van der Waals surface area contributed by atoms with Crippen LogP contribution in [0.2, 0.25) is 0 Å². The Morgan fingerprint density at radius 2 is 1.89 bits per heavy atom. The maximum atomic E-state index is 12.6. The quantitative estimate of drug-likeness (QED) is 0.726. The first-order chi connectivity index (χ1) is 13.0. The maximum Gasteiger partial charge on any atom is 0.336 e. The summed E-state index contributed by atoms with van der Waals surface area (Å²) in [5.74, 6) is -0.726. The summed E-state index contributed by atoms with van der Waals surface area (Å²) in [5.41, 5.74) is 2.14. The molecule has 1 N–H and O–H groups in total. The Bertz CT molecular complexity index is 1090. The largest absolute Gasteiger partial charge is 0.423 e. The van der Waals surface area contributed by atoms with Crippen molar-refractivity contribution in [3.8, 4) is 0 Å². The minimum absolute atomic E-state index is 0.0681. The molecule has 0 saturated carbocycles. The van der Waals surface area contributed by atoms with Crippen molar-refractivity contribution < 1.29 is 14.0 Å². The zero-order valence-electron chi connectivity index (χ0n) is 14.8. The minimum atomic E-state index is -0.432. The molecule has 136 valence electrons. The smallest absolute Gasteiger partial charge is 0.336 e. The third-order valence-corrected chi connectivity index (χ3v) is 4.78. The highest BCUT2D eigenvalue weighted by molar-refractivity contribution is 6.04. The van der Waals surface area contributed by atoms with Gasteiger partial charge in [0.05, 0.1) is 5.92 Å². The van der Waals surface area contributed by atoms with Gasteiger partial charge in [0.25, 0.3) is 0 Å². The van der Waals surface area contributed by atoms with Crippen molar-refractivity contribution in [2.75, 3.05) is 16.8 Å². The SMILES string of the molecule is Cc1cc(=O)oc2cc(NC(=O)C3CC(=O)N(c4ccccc4)C3)ccc12. The van der Waals surface area contributed by atoms with Crippen molar-refractivity contribution in [2.24, 2.45) is 5.92 Å². The molecule has 2 heterocycles. The first kappa shape index (κ1) is 17.0. The number of anilines is 2. The molecule has 1 aliphatic heterocycles. The zero-order valence-corrected chi connectivity index (χ0v) is 14.8. The van der Waals surface area contributed by atoms with Gasteiger partial charge in [-0.2, -0.15) is 0 Å². The van der Waals surface area contributed by atoms with E-state index in [2.05, 4.69) is 5.32 Å². The molecule has 3 aromatic rings. The topological polar surface area (TPSA) is 79.6 Å². The molecule has 2 amide bonds. The Hall–Kier alpha value is -3.41. The van der Waals surface area contributed by atoms with Crippen molar-refractivity contribution in [1.82, 2.24) is 0 Å². The number of carbonyl (C=O) groups excluding carboxylic acids is 2. The van der Waals surface area contributed by atoms with E-state index in [0.717, 1.165) is 16.6 Å². The van der Waals surface area contributed by atoms with Crippen molar-refractivity contribution in [2.45, 2.75) is 13.3 Å². The van der Waals surface area contributed by atoms with Crippen LogP contribution in [0.25, 0.3) is 11.0 Å². The molecule has 6 nitrogen and oxygen atoms in total. The lowest BCUT2D eigenvalue weighted by atomic mass is 10.1. The molecule has 1 fully saturated rings. The highest BCUT2D eigenvalue weighted by Crippen LogP contribution is 2.26. The number of amides is 2. The molecule has 0 spiro atoms. The number of rotatable bonds is 3. The lowest BCUT2D eigenvalue weighted by molar-refractivity contribution is -0.122. The van der Waals surface area contributed by atoms with Gasteiger partial charge in [-0.15, -0.1) is 0 Å². The van der Waals surface area contributed by atoms with Crippen LogP contribution in [0, 0.1) is 12.8 Å². The van der Waals surface area contributed by atoms with Gasteiger partial charge in [-0.3, -0.25) is 9.59 Å². The highest BCUT2D eigenvalue weighted by Gasteiger charge is 2.35. The van der Waals surface area contributed by atoms with E-state index in [0.29, 0.717) is 17.8 Å². The van der Waals surface area contributed by atoms with E-state index in [1.54, 1.807) is 23.1 Å². The van der Waals surface area contributed by atoms with Crippen LogP contribution in [0.5, 0.6) is 0 Å². The summed E-state index contributed by atoms with van der Waals surface area (Å²) in [6.07, 6.45) is 0.169. The Morgan fingerprint density at radius 1 is 1.11 bits per heavy atom. The fraction of sp³-hybridized carbons (Fsp3) is 0.190. The summed E-state index contributed by atoms with van der Waals surface area (Å²) in [7, 11) is 0. The molecule has 6 heteroatoms. The van der Waals surface area contributed by atoms with Gasteiger partial charge in [0.15, 0.2) is 0 Å². The monoisotopic (exact) mass is 362 g/mol. The number of nitrogens with one attached hydrogen (secondary N) is 1. The molecule has 1 aliphatic rings. The molecule has 1 atom stereocenters. The first-order valence-electron chi connectivity index (χ1n) is 8.72. The predicted octanol–water partition coefficient (Wildman–Crippen LogP) is 3.09. The molecule has 2 aromatic carbocycles. The minimum Gasteiger partial charge on any atom is -0.423 e. The van der Waals surface area contributed by atoms with E-state index >= 15 is 0 Å². The van der Waals surface area contributed by atoms with E-state index in [1.807, 2.05) is 37.3 Å². The lowest BCUT2D eigenvalue weighted by Crippen LogP contribution is -2.28. The Morgan fingerprint density at radius 3 is 2.67 bits per heavy atom. The summed E-state index contributed by atoms with van der Waals surface area (Å²) < 4.78 is 5.21. The average Bonchev–Trinajstić information content (AvgIpc) is 3.04. The lowest BCUT2D eigenvalue weighted by Gasteiger charge is -2.16. The van der Waals surface area contributed by atoms with E-state index in [4.69, 9.17) is 4.42 Å². The van der Waals surface area contributed by atoms with Crippen LogP contribution in [0.4, 0.5) is 11.4 Å². The van der Waals surface area contributed by atoms with Gasteiger partial charge in [-0.1, -0.05) is 18.2 Å². The van der Waals surface area contributed by atoms with Gasteiger partial charge >= 0.3 is 5.63 Å². The van der Waals surface area contributed by atoms with Crippen LogP contribution < -0.4 is 15.8 Å². The number of benzene rings is 2. The zero-order chi connectivity index (χ0) is 19.0. The third-order valence-electron chi connectivity index (χ3n) is 4.78. The number of hydrogen-bond donors (Lipinski definition) is 1. The molecule has 1 saturated heterocycles. The van der Waals surface area contributed by atoms with Crippen LogP contribution >= 0.6 is 0 Å². The van der Waals surface area contributed by atoms with Crippen LogP contribution in [0.3, 0.4) is 0 Å². The van der Waals surface area contributed by atoms with Crippen molar-refractivity contribution in [3.63, 3.8) is 0 Å². The molecule has 0 radical (unpaired) electrons. The number of para-hydroxylation sites is 1. The van der Waals surface area contributed by atoms with Crippen LogP contribution in [0.1, 0.15) is 12.0 Å². The summed E-state index contributed by atoms with van der Waals surface area (Å²) >= 11 is 0. The third kappa shape index (κ3) is 3.33. The second-order valence-corrected chi connectivity index (χ2v) is 6.69. The molecule has 4 rings (SSSR count). The normalized spacial score (nSPS) is 16.7. The number of carbonyl (C=O) groups is 2.